The number of amides is 1. The average Bonchev–Trinajstić information content (AvgIpc) is 3.36. The Morgan fingerprint density at radius 1 is 0.943 bits per heavy atom. The number of carbonyl (C=O) groups excluding carboxylic acids is 1. The number of hydrogen-bond acceptors (Lipinski definition) is 7. The first-order valence-corrected chi connectivity index (χ1v) is 11.5. The Kier molecular flexibility index (Phi) is 7.79. The summed E-state index contributed by atoms with van der Waals surface area (Å²) in [4.78, 5) is 12.3. The van der Waals surface area contributed by atoms with Crippen molar-refractivity contribution < 1.29 is 23.1 Å². The minimum absolute atomic E-state index is 0.102. The molecular weight excluding hydrogens is 469 g/mol. The number of nitrogens with zero attached hydrogens (tertiary/aromatic N) is 2. The van der Waals surface area contributed by atoms with Gasteiger partial charge >= 0.3 is 0 Å². The third-order valence-corrected chi connectivity index (χ3v) is 5.68. The molecule has 0 bridgehead atoms. The SMILES string of the molecule is COc1cc(/C=C/c2ccc(NC(=O)CSc3nnc(-c4ccc(F)cc4)o3)cc2)cc(OC)c1. The van der Waals surface area contributed by atoms with Crippen LogP contribution in [0, 0.1) is 5.82 Å². The monoisotopic (exact) mass is 491 g/mol. The van der Waals surface area contributed by atoms with E-state index in [2.05, 4.69) is 15.5 Å². The lowest BCUT2D eigenvalue weighted by Gasteiger charge is -2.06. The van der Waals surface area contributed by atoms with Crippen molar-refractivity contribution in [3.05, 3.63) is 83.7 Å². The summed E-state index contributed by atoms with van der Waals surface area (Å²) >= 11 is 1.12. The molecule has 9 heteroatoms. The van der Waals surface area contributed by atoms with E-state index in [0.29, 0.717) is 22.7 Å². The fourth-order valence-electron chi connectivity index (χ4n) is 3.10. The topological polar surface area (TPSA) is 86.5 Å². The number of benzene rings is 3. The molecule has 0 spiro atoms. The molecule has 0 atom stereocenters. The molecule has 0 saturated carbocycles. The van der Waals surface area contributed by atoms with E-state index in [-0.39, 0.29) is 28.6 Å². The number of rotatable bonds is 9. The van der Waals surface area contributed by atoms with E-state index in [1.54, 1.807) is 26.4 Å². The van der Waals surface area contributed by atoms with Gasteiger partial charge < -0.3 is 19.2 Å². The molecule has 7 nitrogen and oxygen atoms in total. The molecule has 0 aliphatic heterocycles. The molecule has 0 saturated heterocycles. The molecule has 3 aromatic carbocycles. The Bertz CT molecular complexity index is 1300. The lowest BCUT2D eigenvalue weighted by Crippen LogP contribution is -2.13. The second kappa shape index (κ2) is 11.3. The lowest BCUT2D eigenvalue weighted by molar-refractivity contribution is -0.113. The Labute approximate surface area is 206 Å². The van der Waals surface area contributed by atoms with Crippen molar-refractivity contribution in [2.24, 2.45) is 0 Å². The number of nitrogens with one attached hydrogen (secondary N) is 1. The molecule has 4 aromatic rings. The molecule has 35 heavy (non-hydrogen) atoms. The van der Waals surface area contributed by atoms with Crippen LogP contribution in [-0.4, -0.2) is 36.1 Å². The van der Waals surface area contributed by atoms with Crippen molar-refractivity contribution in [1.82, 2.24) is 10.2 Å². The first-order chi connectivity index (χ1) is 17.0. The minimum Gasteiger partial charge on any atom is -0.497 e. The number of carbonyl (C=O) groups is 1. The normalized spacial score (nSPS) is 10.9. The second-order valence-electron chi connectivity index (χ2n) is 7.32. The first-order valence-electron chi connectivity index (χ1n) is 10.6. The van der Waals surface area contributed by atoms with Crippen molar-refractivity contribution >= 4 is 35.5 Å². The predicted octanol–water partition coefficient (Wildman–Crippen LogP) is 5.79. The van der Waals surface area contributed by atoms with Crippen molar-refractivity contribution in [1.29, 1.82) is 0 Å². The summed E-state index contributed by atoms with van der Waals surface area (Å²) in [6.07, 6.45) is 3.92. The lowest BCUT2D eigenvalue weighted by atomic mass is 10.1. The average molecular weight is 492 g/mol. The molecule has 1 heterocycles. The van der Waals surface area contributed by atoms with Crippen LogP contribution in [0.1, 0.15) is 11.1 Å². The number of aromatic nitrogens is 2. The number of anilines is 1. The predicted molar refractivity (Wildman–Crippen MR) is 134 cm³/mol. The highest BCUT2D eigenvalue weighted by Gasteiger charge is 2.11. The van der Waals surface area contributed by atoms with E-state index in [1.807, 2.05) is 54.6 Å². The summed E-state index contributed by atoms with van der Waals surface area (Å²) in [6, 6.07) is 18.8. The molecule has 4 rings (SSSR count). The van der Waals surface area contributed by atoms with E-state index < -0.39 is 0 Å². The highest BCUT2D eigenvalue weighted by Crippen LogP contribution is 2.25. The highest BCUT2D eigenvalue weighted by molar-refractivity contribution is 7.99. The van der Waals surface area contributed by atoms with Crippen molar-refractivity contribution in [3.8, 4) is 23.0 Å². The van der Waals surface area contributed by atoms with Gasteiger partial charge in [0, 0.05) is 17.3 Å². The van der Waals surface area contributed by atoms with Gasteiger partial charge in [0.2, 0.25) is 11.8 Å². The van der Waals surface area contributed by atoms with Crippen LogP contribution < -0.4 is 14.8 Å². The van der Waals surface area contributed by atoms with Crippen LogP contribution in [0.15, 0.2) is 76.4 Å². The van der Waals surface area contributed by atoms with Crippen molar-refractivity contribution in [3.63, 3.8) is 0 Å². The molecule has 1 aromatic heterocycles. The van der Waals surface area contributed by atoms with E-state index in [9.17, 15) is 9.18 Å². The number of ether oxygens (including phenoxy) is 2. The van der Waals surface area contributed by atoms with Crippen molar-refractivity contribution in [2.45, 2.75) is 5.22 Å². The third-order valence-electron chi connectivity index (χ3n) is 4.86. The van der Waals surface area contributed by atoms with Crippen LogP contribution in [0.5, 0.6) is 11.5 Å². The third kappa shape index (κ3) is 6.70. The zero-order valence-corrected chi connectivity index (χ0v) is 19.8. The van der Waals surface area contributed by atoms with Crippen LogP contribution in [0.2, 0.25) is 0 Å². The van der Waals surface area contributed by atoms with Crippen LogP contribution >= 0.6 is 11.8 Å². The largest absolute Gasteiger partial charge is 0.497 e. The molecule has 0 aliphatic carbocycles. The maximum absolute atomic E-state index is 13.1. The van der Waals surface area contributed by atoms with Gasteiger partial charge in [0.1, 0.15) is 17.3 Å². The van der Waals surface area contributed by atoms with E-state index >= 15 is 0 Å². The molecular formula is C26H22FN3O4S. The maximum atomic E-state index is 13.1. The summed E-state index contributed by atoms with van der Waals surface area (Å²) in [6.45, 7) is 0. The number of methoxy groups -OCH3 is 2. The highest BCUT2D eigenvalue weighted by atomic mass is 32.2. The maximum Gasteiger partial charge on any atom is 0.277 e. The van der Waals surface area contributed by atoms with Gasteiger partial charge in [0.05, 0.1) is 20.0 Å². The van der Waals surface area contributed by atoms with E-state index in [4.69, 9.17) is 13.9 Å². The molecule has 178 valence electrons. The standard InChI is InChI=1S/C26H22FN3O4S/c1-32-22-13-18(14-23(15-22)33-2)4-3-17-5-11-21(12-6-17)28-24(31)16-35-26-30-29-25(34-26)19-7-9-20(27)10-8-19/h3-15H,16H2,1-2H3,(H,28,31)/b4-3+. The summed E-state index contributed by atoms with van der Waals surface area (Å²) in [5.41, 5.74) is 3.20. The molecule has 0 unspecified atom stereocenters. The van der Waals surface area contributed by atoms with Crippen LogP contribution in [0.3, 0.4) is 0 Å². The first kappa shape index (κ1) is 24.0. The van der Waals surface area contributed by atoms with Gasteiger partial charge in [-0.1, -0.05) is 36.0 Å². The van der Waals surface area contributed by atoms with Gasteiger partial charge in [-0.2, -0.15) is 0 Å². The van der Waals surface area contributed by atoms with Crippen LogP contribution in [0.25, 0.3) is 23.6 Å². The molecule has 0 aliphatic rings. The van der Waals surface area contributed by atoms with Gasteiger partial charge in [0.15, 0.2) is 0 Å². The van der Waals surface area contributed by atoms with Crippen molar-refractivity contribution in [2.75, 3.05) is 25.3 Å². The molecule has 0 radical (unpaired) electrons. The fraction of sp³-hybridized carbons (Fsp3) is 0.115. The Morgan fingerprint density at radius 3 is 2.26 bits per heavy atom. The fourth-order valence-corrected chi connectivity index (χ4v) is 3.66. The summed E-state index contributed by atoms with van der Waals surface area (Å²) in [5, 5.41) is 11.0. The zero-order chi connectivity index (χ0) is 24.6. The Hall–Kier alpha value is -4.11. The summed E-state index contributed by atoms with van der Waals surface area (Å²) in [5.74, 6) is 1.25. The van der Waals surface area contributed by atoms with E-state index in [0.717, 1.165) is 22.9 Å². The summed E-state index contributed by atoms with van der Waals surface area (Å²) < 4.78 is 29.2. The zero-order valence-electron chi connectivity index (χ0n) is 19.0. The Balaban J connectivity index is 1.30. The number of thioether (sulfide) groups is 1. The van der Waals surface area contributed by atoms with Gasteiger partial charge in [-0.15, -0.1) is 10.2 Å². The Morgan fingerprint density at radius 2 is 1.60 bits per heavy atom. The van der Waals surface area contributed by atoms with Gasteiger partial charge in [0.25, 0.3) is 5.22 Å². The quantitative estimate of drug-likeness (QED) is 0.234. The van der Waals surface area contributed by atoms with Gasteiger partial charge in [-0.25, -0.2) is 4.39 Å². The summed E-state index contributed by atoms with van der Waals surface area (Å²) in [7, 11) is 3.22. The number of halogens is 1. The number of hydrogen-bond donors (Lipinski definition) is 1. The molecule has 1 amide bonds. The second-order valence-corrected chi connectivity index (χ2v) is 8.24. The van der Waals surface area contributed by atoms with Gasteiger partial charge in [-0.05, 0) is 59.7 Å². The van der Waals surface area contributed by atoms with Gasteiger partial charge in [-0.3, -0.25) is 4.79 Å². The minimum atomic E-state index is -0.346. The smallest absolute Gasteiger partial charge is 0.277 e. The van der Waals surface area contributed by atoms with E-state index in [1.165, 1.54) is 12.1 Å². The van der Waals surface area contributed by atoms with Crippen LogP contribution in [-0.2, 0) is 4.79 Å². The van der Waals surface area contributed by atoms with Crippen LogP contribution in [0.4, 0.5) is 10.1 Å². The molecule has 1 N–H and O–H groups in total. The molecule has 0 fully saturated rings.